The van der Waals surface area contributed by atoms with Gasteiger partial charge in [0.25, 0.3) is 0 Å². The first-order valence-corrected chi connectivity index (χ1v) is 7.36. The Morgan fingerprint density at radius 2 is 1.86 bits per heavy atom. The number of methoxy groups -OCH3 is 1. The topological polar surface area (TPSA) is 50.4 Å². The summed E-state index contributed by atoms with van der Waals surface area (Å²) in [5.41, 5.74) is 2.01. The average Bonchev–Trinajstić information content (AvgIpc) is 2.36. The summed E-state index contributed by atoms with van der Waals surface area (Å²) < 4.78 is 5.40. The summed E-state index contributed by atoms with van der Waals surface area (Å²) in [4.78, 5) is 12.1. The lowest BCUT2D eigenvalue weighted by atomic mass is 10.0. The molecule has 4 nitrogen and oxygen atoms in total. The van der Waals surface area contributed by atoms with Gasteiger partial charge in [-0.15, -0.1) is 0 Å². The predicted octanol–water partition coefficient (Wildman–Crippen LogP) is 2.96. The highest BCUT2D eigenvalue weighted by Gasteiger charge is 2.22. The number of amides is 1. The number of nitrogens with one attached hydrogen (secondary N) is 2. The molecule has 0 bridgehead atoms. The van der Waals surface area contributed by atoms with Gasteiger partial charge >= 0.3 is 0 Å². The molecule has 0 aliphatic rings. The average molecular weight is 292 g/mol. The fourth-order valence-corrected chi connectivity index (χ4v) is 2.21. The zero-order chi connectivity index (χ0) is 16.2. The summed E-state index contributed by atoms with van der Waals surface area (Å²) in [7, 11) is 1.66. The quantitative estimate of drug-likeness (QED) is 0.877. The van der Waals surface area contributed by atoms with E-state index in [4.69, 9.17) is 4.74 Å². The number of carbonyl (C=O) groups is 1. The number of benzene rings is 1. The maximum Gasteiger partial charge on any atom is 0.237 e. The minimum absolute atomic E-state index is 0.000898. The molecule has 1 aromatic carbocycles. The molecule has 2 atom stereocenters. The van der Waals surface area contributed by atoms with Gasteiger partial charge in [-0.1, -0.05) is 17.7 Å². The van der Waals surface area contributed by atoms with Crippen LogP contribution in [0.5, 0.6) is 5.75 Å². The number of carbonyl (C=O) groups excluding carboxylic acids is 1. The Bertz CT molecular complexity index is 492. The Morgan fingerprint density at radius 1 is 1.24 bits per heavy atom. The second-order valence-electron chi connectivity index (χ2n) is 6.59. The van der Waals surface area contributed by atoms with Crippen LogP contribution in [0.1, 0.15) is 51.8 Å². The maximum atomic E-state index is 12.1. The largest absolute Gasteiger partial charge is 0.496 e. The number of rotatable bonds is 5. The van der Waals surface area contributed by atoms with Gasteiger partial charge in [0.1, 0.15) is 5.75 Å². The van der Waals surface area contributed by atoms with Gasteiger partial charge in [0.05, 0.1) is 13.2 Å². The van der Waals surface area contributed by atoms with E-state index in [1.807, 2.05) is 53.7 Å². The molecule has 0 saturated carbocycles. The summed E-state index contributed by atoms with van der Waals surface area (Å²) >= 11 is 0. The van der Waals surface area contributed by atoms with Gasteiger partial charge < -0.3 is 10.1 Å². The molecule has 118 valence electrons. The molecule has 1 aromatic rings. The van der Waals surface area contributed by atoms with Crippen LogP contribution in [0.2, 0.25) is 0 Å². The van der Waals surface area contributed by atoms with E-state index in [1.165, 1.54) is 5.56 Å². The Labute approximate surface area is 128 Å². The van der Waals surface area contributed by atoms with Crippen LogP contribution in [0, 0.1) is 6.92 Å². The van der Waals surface area contributed by atoms with E-state index in [0.717, 1.165) is 11.3 Å². The Balaban J connectivity index is 2.79. The van der Waals surface area contributed by atoms with E-state index >= 15 is 0 Å². The standard InChI is InChI=1S/C17H28N2O2/c1-11-8-9-15(21-7)14(10-11)12(2)18-13(3)16(20)19-17(4,5)6/h8-10,12-13,18H,1-7H3,(H,19,20)/t12-,13-/m0/s1. The summed E-state index contributed by atoms with van der Waals surface area (Å²) in [6.07, 6.45) is 0. The summed E-state index contributed by atoms with van der Waals surface area (Å²) in [5, 5.41) is 6.31. The van der Waals surface area contributed by atoms with Crippen LogP contribution >= 0.6 is 0 Å². The van der Waals surface area contributed by atoms with Crippen molar-refractivity contribution in [3.8, 4) is 5.75 Å². The molecule has 0 unspecified atom stereocenters. The van der Waals surface area contributed by atoms with E-state index in [2.05, 4.69) is 16.7 Å². The zero-order valence-corrected chi connectivity index (χ0v) is 14.2. The van der Waals surface area contributed by atoms with Gasteiger partial charge in [-0.05, 0) is 47.6 Å². The van der Waals surface area contributed by atoms with E-state index in [9.17, 15) is 4.79 Å². The monoisotopic (exact) mass is 292 g/mol. The Morgan fingerprint density at radius 3 is 2.38 bits per heavy atom. The van der Waals surface area contributed by atoms with Crippen LogP contribution < -0.4 is 15.4 Å². The molecule has 0 saturated heterocycles. The van der Waals surface area contributed by atoms with Gasteiger partial charge in [-0.25, -0.2) is 0 Å². The minimum atomic E-state index is -0.274. The minimum Gasteiger partial charge on any atom is -0.496 e. The molecule has 0 heterocycles. The molecular formula is C17H28N2O2. The fraction of sp³-hybridized carbons (Fsp3) is 0.588. The number of aryl methyl sites for hydroxylation is 1. The molecule has 1 amide bonds. The molecule has 4 heteroatoms. The molecule has 0 aromatic heterocycles. The van der Waals surface area contributed by atoms with Crippen LogP contribution in [0.25, 0.3) is 0 Å². The van der Waals surface area contributed by atoms with Gasteiger partial charge in [0, 0.05) is 17.1 Å². The molecule has 2 N–H and O–H groups in total. The van der Waals surface area contributed by atoms with Crippen LogP contribution in [-0.2, 0) is 4.79 Å². The third-order valence-corrected chi connectivity index (χ3v) is 3.24. The van der Waals surface area contributed by atoms with Crippen molar-refractivity contribution >= 4 is 5.91 Å². The lowest BCUT2D eigenvalue weighted by molar-refractivity contribution is -0.124. The Hall–Kier alpha value is -1.55. The van der Waals surface area contributed by atoms with Crippen molar-refractivity contribution in [3.05, 3.63) is 29.3 Å². The van der Waals surface area contributed by atoms with Crippen LogP contribution in [0.4, 0.5) is 0 Å². The van der Waals surface area contributed by atoms with Crippen molar-refractivity contribution in [2.45, 2.75) is 59.2 Å². The maximum absolute atomic E-state index is 12.1. The third kappa shape index (κ3) is 5.38. The number of ether oxygens (including phenoxy) is 1. The Kier molecular flexibility index (Phi) is 5.78. The van der Waals surface area contributed by atoms with E-state index in [1.54, 1.807) is 7.11 Å². The van der Waals surface area contributed by atoms with Gasteiger partial charge in [-0.2, -0.15) is 0 Å². The highest BCUT2D eigenvalue weighted by molar-refractivity contribution is 5.82. The van der Waals surface area contributed by atoms with Crippen LogP contribution in [-0.4, -0.2) is 24.6 Å². The van der Waals surface area contributed by atoms with Crippen LogP contribution in [0.15, 0.2) is 18.2 Å². The van der Waals surface area contributed by atoms with Crippen molar-refractivity contribution in [3.63, 3.8) is 0 Å². The van der Waals surface area contributed by atoms with Crippen molar-refractivity contribution in [1.82, 2.24) is 10.6 Å². The van der Waals surface area contributed by atoms with Gasteiger partial charge in [0.2, 0.25) is 5.91 Å². The summed E-state index contributed by atoms with van der Waals surface area (Å²) in [6, 6.07) is 5.82. The first kappa shape index (κ1) is 17.5. The van der Waals surface area contributed by atoms with E-state index in [-0.39, 0.29) is 23.5 Å². The van der Waals surface area contributed by atoms with Gasteiger partial charge in [-0.3, -0.25) is 10.1 Å². The molecule has 0 spiro atoms. The fourth-order valence-electron chi connectivity index (χ4n) is 2.21. The van der Waals surface area contributed by atoms with E-state index in [0.29, 0.717) is 0 Å². The van der Waals surface area contributed by atoms with Crippen molar-refractivity contribution in [2.24, 2.45) is 0 Å². The summed E-state index contributed by atoms with van der Waals surface area (Å²) in [6.45, 7) is 11.9. The van der Waals surface area contributed by atoms with Crippen molar-refractivity contribution < 1.29 is 9.53 Å². The second-order valence-corrected chi connectivity index (χ2v) is 6.59. The number of hydrogen-bond donors (Lipinski definition) is 2. The molecule has 0 aliphatic carbocycles. The lowest BCUT2D eigenvalue weighted by Crippen LogP contribution is -2.50. The molecule has 0 aliphatic heterocycles. The molecule has 0 radical (unpaired) electrons. The lowest BCUT2D eigenvalue weighted by Gasteiger charge is -2.26. The molecule has 21 heavy (non-hydrogen) atoms. The van der Waals surface area contributed by atoms with Crippen molar-refractivity contribution in [2.75, 3.05) is 7.11 Å². The SMILES string of the molecule is COc1ccc(C)cc1[C@H](C)N[C@@H](C)C(=O)NC(C)(C)C. The first-order valence-electron chi connectivity index (χ1n) is 7.36. The molecule has 1 rings (SSSR count). The number of hydrogen-bond acceptors (Lipinski definition) is 3. The zero-order valence-electron chi connectivity index (χ0n) is 14.2. The van der Waals surface area contributed by atoms with Gasteiger partial charge in [0.15, 0.2) is 0 Å². The highest BCUT2D eigenvalue weighted by atomic mass is 16.5. The van der Waals surface area contributed by atoms with Crippen LogP contribution in [0.3, 0.4) is 0 Å². The predicted molar refractivity (Wildman–Crippen MR) is 86.6 cm³/mol. The van der Waals surface area contributed by atoms with E-state index < -0.39 is 0 Å². The molecule has 0 fully saturated rings. The third-order valence-electron chi connectivity index (χ3n) is 3.24. The second kappa shape index (κ2) is 6.94. The van der Waals surface area contributed by atoms with Crippen molar-refractivity contribution in [1.29, 1.82) is 0 Å². The molecular weight excluding hydrogens is 264 g/mol. The highest BCUT2D eigenvalue weighted by Crippen LogP contribution is 2.26. The normalized spacial score (nSPS) is 14.4. The summed E-state index contributed by atoms with van der Waals surface area (Å²) in [5.74, 6) is 0.838. The first-order chi connectivity index (χ1) is 9.64. The smallest absolute Gasteiger partial charge is 0.237 e.